The molecule has 0 fully saturated rings. The molecule has 0 atom stereocenters. The minimum Gasteiger partial charge on any atom is -0.339 e. The fraction of sp³-hybridized carbons (Fsp3) is 0.125. The van der Waals surface area contributed by atoms with E-state index in [0.717, 1.165) is 17.6 Å². The first-order valence-electron chi connectivity index (χ1n) is 2.49. The molecule has 1 radical (unpaired) electrons. The Morgan fingerprint density at radius 1 is 1.62 bits per heavy atom. The average molecular weight is 107 g/mol. The molecule has 43 valence electrons. The number of rotatable bonds is 3. The zero-order valence-corrected chi connectivity index (χ0v) is 5.11. The first-order chi connectivity index (χ1) is 3.66. The van der Waals surface area contributed by atoms with Gasteiger partial charge in [-0.3, -0.25) is 0 Å². The summed E-state index contributed by atoms with van der Waals surface area (Å²) in [7, 11) is 0. The monoisotopic (exact) mass is 107 g/mol. The molecule has 0 unspecified atom stereocenters. The normalized spacial score (nSPS) is 8.62. The standard InChI is InChI=1S/C8H11/c1-5-8(4)6-7(2)3/h6H,1-5H2. The van der Waals surface area contributed by atoms with Gasteiger partial charge in [0.05, 0.1) is 6.42 Å². The molecule has 0 spiro atoms. The third kappa shape index (κ3) is 3.54. The van der Waals surface area contributed by atoms with Crippen LogP contribution in [0.5, 0.6) is 0 Å². The molecular formula is C8H11. The maximum absolute atomic E-state index is 3.69. The SMILES string of the molecule is C=C([CH2+])[CH]C(=C)C[CH2-]. The Morgan fingerprint density at radius 3 is 2.25 bits per heavy atom. The molecule has 0 aliphatic heterocycles. The summed E-state index contributed by atoms with van der Waals surface area (Å²) in [4.78, 5) is 0. The molecular weight excluding hydrogens is 96.1 g/mol. The van der Waals surface area contributed by atoms with Gasteiger partial charge in [-0.25, -0.2) is 0 Å². The van der Waals surface area contributed by atoms with E-state index in [1.807, 2.05) is 6.42 Å². The van der Waals surface area contributed by atoms with Crippen molar-refractivity contribution in [2.24, 2.45) is 0 Å². The third-order valence-electron chi connectivity index (χ3n) is 0.729. The highest BCUT2D eigenvalue weighted by molar-refractivity contribution is 5.26. The van der Waals surface area contributed by atoms with Gasteiger partial charge in [0.25, 0.3) is 0 Å². The molecule has 0 nitrogen and oxygen atoms in total. The predicted octanol–water partition coefficient (Wildman–Crippen LogP) is 2.36. The maximum atomic E-state index is 3.69. The van der Waals surface area contributed by atoms with Crippen molar-refractivity contribution in [3.05, 3.63) is 44.6 Å². The Bertz CT molecular complexity index is 98.6. The third-order valence-corrected chi connectivity index (χ3v) is 0.729. The smallest absolute Gasteiger partial charge is 0.104 e. The number of hydrogen-bond acceptors (Lipinski definition) is 0. The maximum Gasteiger partial charge on any atom is 0.104 e. The molecule has 0 N–H and O–H groups in total. The van der Waals surface area contributed by atoms with Crippen LogP contribution in [0.4, 0.5) is 0 Å². The lowest BCUT2D eigenvalue weighted by Gasteiger charge is -1.97. The first-order valence-corrected chi connectivity index (χ1v) is 2.49. The second-order valence-corrected chi connectivity index (χ2v) is 1.71. The van der Waals surface area contributed by atoms with E-state index in [1.54, 1.807) is 0 Å². The summed E-state index contributed by atoms with van der Waals surface area (Å²) in [5.41, 5.74) is 1.77. The quantitative estimate of drug-likeness (QED) is 0.486. The van der Waals surface area contributed by atoms with Gasteiger partial charge >= 0.3 is 0 Å². The van der Waals surface area contributed by atoms with Crippen molar-refractivity contribution >= 4 is 0 Å². The van der Waals surface area contributed by atoms with E-state index in [9.17, 15) is 0 Å². The predicted molar refractivity (Wildman–Crippen MR) is 37.9 cm³/mol. The van der Waals surface area contributed by atoms with Crippen LogP contribution in [0.1, 0.15) is 6.42 Å². The van der Waals surface area contributed by atoms with Gasteiger partial charge in [-0.05, 0) is 0 Å². The van der Waals surface area contributed by atoms with Crippen molar-refractivity contribution < 1.29 is 0 Å². The van der Waals surface area contributed by atoms with E-state index in [-0.39, 0.29) is 0 Å². The zero-order valence-electron chi connectivity index (χ0n) is 5.11. The van der Waals surface area contributed by atoms with Gasteiger partial charge in [-0.2, -0.15) is 6.42 Å². The lowest BCUT2D eigenvalue weighted by molar-refractivity contribution is 1.24. The molecule has 0 aliphatic carbocycles. The Balaban J connectivity index is 3.40. The Labute approximate surface area is 51.9 Å². The minimum atomic E-state index is 0.731. The van der Waals surface area contributed by atoms with Gasteiger partial charge in [0.2, 0.25) is 0 Å². The fourth-order valence-corrected chi connectivity index (χ4v) is 0.361. The van der Waals surface area contributed by atoms with Crippen molar-refractivity contribution in [1.82, 2.24) is 0 Å². The summed E-state index contributed by atoms with van der Waals surface area (Å²) in [6, 6.07) is 0. The van der Waals surface area contributed by atoms with Crippen molar-refractivity contribution in [3.63, 3.8) is 0 Å². The second kappa shape index (κ2) is 3.36. The van der Waals surface area contributed by atoms with E-state index < -0.39 is 0 Å². The average Bonchev–Trinajstić information content (AvgIpc) is 1.65. The topological polar surface area (TPSA) is 0 Å². The van der Waals surface area contributed by atoms with E-state index >= 15 is 0 Å². The van der Waals surface area contributed by atoms with Crippen LogP contribution in [0.15, 0.2) is 24.3 Å². The highest BCUT2D eigenvalue weighted by Crippen LogP contribution is 2.06. The van der Waals surface area contributed by atoms with Crippen LogP contribution in [-0.2, 0) is 0 Å². The molecule has 0 aliphatic rings. The first kappa shape index (κ1) is 7.35. The molecule has 0 heteroatoms. The van der Waals surface area contributed by atoms with E-state index in [4.69, 9.17) is 0 Å². The van der Waals surface area contributed by atoms with Crippen molar-refractivity contribution in [2.75, 3.05) is 0 Å². The molecule has 0 saturated carbocycles. The molecule has 0 aromatic rings. The molecule has 0 bridgehead atoms. The van der Waals surface area contributed by atoms with E-state index in [1.165, 1.54) is 0 Å². The van der Waals surface area contributed by atoms with Crippen molar-refractivity contribution in [1.29, 1.82) is 0 Å². The van der Waals surface area contributed by atoms with Gasteiger partial charge in [0.1, 0.15) is 5.57 Å². The van der Waals surface area contributed by atoms with Crippen LogP contribution in [0.25, 0.3) is 0 Å². The fourth-order valence-electron chi connectivity index (χ4n) is 0.361. The second-order valence-electron chi connectivity index (χ2n) is 1.71. The summed E-state index contributed by atoms with van der Waals surface area (Å²) in [5.74, 6) is 0. The van der Waals surface area contributed by atoms with Crippen LogP contribution >= 0.6 is 0 Å². The molecule has 0 aromatic carbocycles. The zero-order chi connectivity index (χ0) is 6.57. The van der Waals surface area contributed by atoms with Crippen LogP contribution in [0.2, 0.25) is 0 Å². The summed E-state index contributed by atoms with van der Waals surface area (Å²) in [6.45, 7) is 14.5. The van der Waals surface area contributed by atoms with Crippen LogP contribution in [0, 0.1) is 20.3 Å². The van der Waals surface area contributed by atoms with E-state index in [2.05, 4.69) is 27.0 Å². The summed E-state index contributed by atoms with van der Waals surface area (Å²) >= 11 is 0. The molecule has 0 amide bonds. The largest absolute Gasteiger partial charge is 0.339 e. The number of allylic oxidation sites excluding steroid dienone is 2. The van der Waals surface area contributed by atoms with Crippen LogP contribution < -0.4 is 0 Å². The van der Waals surface area contributed by atoms with Crippen molar-refractivity contribution in [3.8, 4) is 0 Å². The van der Waals surface area contributed by atoms with Crippen LogP contribution in [0.3, 0.4) is 0 Å². The molecule has 0 aromatic heterocycles. The minimum absolute atomic E-state index is 0.731. The molecule has 0 rings (SSSR count). The molecule has 8 heavy (non-hydrogen) atoms. The lowest BCUT2D eigenvalue weighted by atomic mass is 10.1. The van der Waals surface area contributed by atoms with E-state index in [0.29, 0.717) is 0 Å². The van der Waals surface area contributed by atoms with Gasteiger partial charge < -0.3 is 6.92 Å². The Hall–Kier alpha value is -0.650. The highest BCUT2D eigenvalue weighted by atomic mass is 13.9. The Morgan fingerprint density at radius 2 is 2.12 bits per heavy atom. The number of hydrogen-bond donors (Lipinski definition) is 0. The Kier molecular flexibility index (Phi) is 3.09. The van der Waals surface area contributed by atoms with Gasteiger partial charge in [-0.1, -0.05) is 5.57 Å². The van der Waals surface area contributed by atoms with Crippen molar-refractivity contribution in [2.45, 2.75) is 6.42 Å². The van der Waals surface area contributed by atoms with Gasteiger partial charge in [-0.15, -0.1) is 6.58 Å². The van der Waals surface area contributed by atoms with Crippen LogP contribution in [-0.4, -0.2) is 0 Å². The van der Waals surface area contributed by atoms with Gasteiger partial charge in [0.15, 0.2) is 0 Å². The lowest BCUT2D eigenvalue weighted by Crippen LogP contribution is -1.79. The molecule has 0 saturated heterocycles. The highest BCUT2D eigenvalue weighted by Gasteiger charge is 1.92. The van der Waals surface area contributed by atoms with Gasteiger partial charge in [0, 0.05) is 13.5 Å². The summed E-state index contributed by atoms with van der Waals surface area (Å²) < 4.78 is 0. The summed E-state index contributed by atoms with van der Waals surface area (Å²) in [6.07, 6.45) is 2.56. The summed E-state index contributed by atoms with van der Waals surface area (Å²) in [5, 5.41) is 0. The molecule has 0 heterocycles.